The number of carbonyl (C=O) groups is 1. The summed E-state index contributed by atoms with van der Waals surface area (Å²) in [5.41, 5.74) is 0.666. The van der Waals surface area contributed by atoms with Gasteiger partial charge in [-0.05, 0) is 52.3 Å². The molecule has 1 aliphatic heterocycles. The van der Waals surface area contributed by atoms with Crippen molar-refractivity contribution < 1.29 is 22.7 Å². The molecule has 2 aromatic rings. The summed E-state index contributed by atoms with van der Waals surface area (Å²) in [6, 6.07) is 10.8. The molecular weight excluding hydrogens is 474 g/mol. The minimum absolute atomic E-state index is 0.00951. The van der Waals surface area contributed by atoms with Gasteiger partial charge in [0.05, 0.1) is 35.4 Å². The van der Waals surface area contributed by atoms with Crippen LogP contribution in [0, 0.1) is 0 Å². The zero-order valence-electron chi connectivity index (χ0n) is 16.6. The second kappa shape index (κ2) is 10.3. The van der Waals surface area contributed by atoms with Crippen molar-refractivity contribution >= 4 is 37.5 Å². The molecule has 1 amide bonds. The highest BCUT2D eigenvalue weighted by Gasteiger charge is 2.17. The summed E-state index contributed by atoms with van der Waals surface area (Å²) in [5, 5.41) is 2.84. The molecule has 0 bridgehead atoms. The highest BCUT2D eigenvalue weighted by atomic mass is 79.9. The molecule has 0 saturated carbocycles. The molecule has 8 nitrogen and oxygen atoms in total. The van der Waals surface area contributed by atoms with Gasteiger partial charge in [-0.25, -0.2) is 8.42 Å². The van der Waals surface area contributed by atoms with E-state index in [0.717, 1.165) is 19.6 Å². The first-order valence-electron chi connectivity index (χ1n) is 9.44. The van der Waals surface area contributed by atoms with Crippen molar-refractivity contribution in [2.45, 2.75) is 4.90 Å². The van der Waals surface area contributed by atoms with E-state index in [4.69, 9.17) is 9.47 Å². The molecule has 2 aromatic carbocycles. The molecule has 0 aromatic heterocycles. The Hall–Kier alpha value is -2.14. The summed E-state index contributed by atoms with van der Waals surface area (Å²) in [4.78, 5) is 14.7. The van der Waals surface area contributed by atoms with Crippen LogP contribution in [0.2, 0.25) is 0 Å². The van der Waals surface area contributed by atoms with Gasteiger partial charge in [0.1, 0.15) is 5.75 Å². The molecule has 1 heterocycles. The zero-order valence-corrected chi connectivity index (χ0v) is 19.0. The maximum absolute atomic E-state index is 12.8. The number of benzene rings is 2. The van der Waals surface area contributed by atoms with Gasteiger partial charge in [-0.1, -0.05) is 6.07 Å². The highest BCUT2D eigenvalue weighted by Crippen LogP contribution is 2.29. The average molecular weight is 498 g/mol. The molecule has 1 saturated heterocycles. The van der Waals surface area contributed by atoms with Gasteiger partial charge >= 0.3 is 0 Å². The fourth-order valence-corrected chi connectivity index (χ4v) is 4.64. The number of rotatable bonds is 8. The van der Waals surface area contributed by atoms with E-state index in [0.29, 0.717) is 35.7 Å². The van der Waals surface area contributed by atoms with E-state index in [1.807, 2.05) is 0 Å². The first-order chi connectivity index (χ1) is 14.4. The molecule has 0 radical (unpaired) electrons. The van der Waals surface area contributed by atoms with Crippen LogP contribution in [0.15, 0.2) is 51.8 Å². The predicted molar refractivity (Wildman–Crippen MR) is 118 cm³/mol. The first-order valence-corrected chi connectivity index (χ1v) is 11.7. The Kier molecular flexibility index (Phi) is 7.70. The largest absolute Gasteiger partial charge is 0.496 e. The summed E-state index contributed by atoms with van der Waals surface area (Å²) in [6.07, 6.45) is 0. The summed E-state index contributed by atoms with van der Waals surface area (Å²) >= 11 is 3.33. The van der Waals surface area contributed by atoms with Crippen LogP contribution in [0.4, 0.5) is 5.69 Å². The molecule has 3 rings (SSSR count). The monoisotopic (exact) mass is 497 g/mol. The van der Waals surface area contributed by atoms with Crippen molar-refractivity contribution in [3.05, 3.63) is 52.5 Å². The summed E-state index contributed by atoms with van der Waals surface area (Å²) in [6.45, 7) is 4.29. The van der Waals surface area contributed by atoms with Crippen LogP contribution in [0.25, 0.3) is 0 Å². The number of nitrogens with zero attached hydrogens (tertiary/aromatic N) is 1. The van der Waals surface area contributed by atoms with Crippen molar-refractivity contribution in [2.24, 2.45) is 0 Å². The minimum Gasteiger partial charge on any atom is -0.496 e. The van der Waals surface area contributed by atoms with Crippen LogP contribution in [-0.2, 0) is 14.8 Å². The number of sulfonamides is 1. The number of hydrogen-bond donors (Lipinski definition) is 2. The quantitative estimate of drug-likeness (QED) is 0.580. The Morgan fingerprint density at radius 3 is 2.67 bits per heavy atom. The van der Waals surface area contributed by atoms with E-state index in [9.17, 15) is 13.2 Å². The van der Waals surface area contributed by atoms with Crippen LogP contribution in [-0.4, -0.2) is 65.7 Å². The average Bonchev–Trinajstić information content (AvgIpc) is 2.74. The lowest BCUT2D eigenvalue weighted by Crippen LogP contribution is -2.41. The maximum atomic E-state index is 12.8. The summed E-state index contributed by atoms with van der Waals surface area (Å²) in [7, 11) is -2.33. The number of morpholine rings is 1. The van der Waals surface area contributed by atoms with E-state index in [1.165, 1.54) is 19.2 Å². The van der Waals surface area contributed by atoms with E-state index < -0.39 is 10.0 Å². The standard InChI is InChI=1S/C20H24BrN3O5S/c1-28-19-6-5-16(14-18(19)21)23-30(26,27)17-4-2-3-15(13-17)20(25)22-7-8-24-9-11-29-12-10-24/h2-6,13-14,23H,7-12H2,1H3,(H,22,25). The Balaban J connectivity index is 1.64. The Morgan fingerprint density at radius 2 is 1.97 bits per heavy atom. The van der Waals surface area contributed by atoms with Crippen LogP contribution in [0.5, 0.6) is 5.75 Å². The second-order valence-electron chi connectivity index (χ2n) is 6.69. The Bertz CT molecular complexity index is 994. The van der Waals surface area contributed by atoms with Gasteiger partial charge in [0.2, 0.25) is 0 Å². The molecule has 2 N–H and O–H groups in total. The Labute approximate surface area is 184 Å². The maximum Gasteiger partial charge on any atom is 0.261 e. The molecule has 0 atom stereocenters. The zero-order chi connectivity index (χ0) is 21.6. The van der Waals surface area contributed by atoms with Crippen molar-refractivity contribution in [1.82, 2.24) is 10.2 Å². The molecule has 10 heteroatoms. The van der Waals surface area contributed by atoms with Gasteiger partial charge in [0.25, 0.3) is 15.9 Å². The highest BCUT2D eigenvalue weighted by molar-refractivity contribution is 9.10. The van der Waals surface area contributed by atoms with E-state index in [1.54, 1.807) is 30.3 Å². The number of nitrogens with one attached hydrogen (secondary N) is 2. The molecule has 30 heavy (non-hydrogen) atoms. The number of amides is 1. The SMILES string of the molecule is COc1ccc(NS(=O)(=O)c2cccc(C(=O)NCCN3CCOCC3)c2)cc1Br. The fourth-order valence-electron chi connectivity index (χ4n) is 3.00. The van der Waals surface area contributed by atoms with Crippen molar-refractivity contribution in [1.29, 1.82) is 0 Å². The first kappa shape index (κ1) is 22.5. The minimum atomic E-state index is -3.86. The molecule has 0 aliphatic carbocycles. The lowest BCUT2D eigenvalue weighted by atomic mass is 10.2. The lowest BCUT2D eigenvalue weighted by molar-refractivity contribution is 0.0383. The molecule has 0 spiro atoms. The van der Waals surface area contributed by atoms with Crippen LogP contribution in [0.3, 0.4) is 0 Å². The van der Waals surface area contributed by atoms with Crippen molar-refractivity contribution in [2.75, 3.05) is 51.2 Å². The number of anilines is 1. The number of ether oxygens (including phenoxy) is 2. The van der Waals surface area contributed by atoms with Gasteiger partial charge in [0, 0.05) is 31.7 Å². The van der Waals surface area contributed by atoms with E-state index >= 15 is 0 Å². The van der Waals surface area contributed by atoms with Gasteiger partial charge in [-0.2, -0.15) is 0 Å². The van der Waals surface area contributed by atoms with Crippen LogP contribution >= 0.6 is 15.9 Å². The smallest absolute Gasteiger partial charge is 0.261 e. The summed E-state index contributed by atoms with van der Waals surface area (Å²) in [5.74, 6) is 0.279. The lowest BCUT2D eigenvalue weighted by Gasteiger charge is -2.26. The topological polar surface area (TPSA) is 97.0 Å². The van der Waals surface area contributed by atoms with Crippen LogP contribution < -0.4 is 14.8 Å². The fraction of sp³-hybridized carbons (Fsp3) is 0.350. The van der Waals surface area contributed by atoms with Crippen molar-refractivity contribution in [3.63, 3.8) is 0 Å². The molecular formula is C20H24BrN3O5S. The van der Waals surface area contributed by atoms with Crippen LogP contribution in [0.1, 0.15) is 10.4 Å². The van der Waals surface area contributed by atoms with Gasteiger partial charge in [-0.15, -0.1) is 0 Å². The molecule has 1 aliphatic rings. The third-order valence-electron chi connectivity index (χ3n) is 4.63. The van der Waals surface area contributed by atoms with Gasteiger partial charge in [0.15, 0.2) is 0 Å². The van der Waals surface area contributed by atoms with Crippen molar-refractivity contribution in [3.8, 4) is 5.75 Å². The van der Waals surface area contributed by atoms with Gasteiger partial charge in [-0.3, -0.25) is 14.4 Å². The van der Waals surface area contributed by atoms with E-state index in [-0.39, 0.29) is 16.4 Å². The third-order valence-corrected chi connectivity index (χ3v) is 6.63. The number of hydrogen-bond acceptors (Lipinski definition) is 6. The number of carbonyl (C=O) groups excluding carboxylic acids is 1. The molecule has 0 unspecified atom stereocenters. The molecule has 162 valence electrons. The number of halogens is 1. The number of methoxy groups -OCH3 is 1. The third kappa shape index (κ3) is 5.94. The second-order valence-corrected chi connectivity index (χ2v) is 9.23. The summed E-state index contributed by atoms with van der Waals surface area (Å²) < 4.78 is 39.1. The van der Waals surface area contributed by atoms with E-state index in [2.05, 4.69) is 30.9 Å². The Morgan fingerprint density at radius 1 is 1.20 bits per heavy atom. The molecule has 1 fully saturated rings. The van der Waals surface area contributed by atoms with Gasteiger partial charge < -0.3 is 14.8 Å². The predicted octanol–water partition coefficient (Wildman–Crippen LogP) is 2.32. The normalized spacial score (nSPS) is 14.9.